The lowest BCUT2D eigenvalue weighted by atomic mass is 10.0. The van der Waals surface area contributed by atoms with Crippen molar-refractivity contribution in [3.05, 3.63) is 70.7 Å². The van der Waals surface area contributed by atoms with Gasteiger partial charge in [0.1, 0.15) is 18.8 Å². The van der Waals surface area contributed by atoms with Crippen molar-refractivity contribution in [1.82, 2.24) is 5.32 Å². The zero-order chi connectivity index (χ0) is 16.7. The summed E-state index contributed by atoms with van der Waals surface area (Å²) in [4.78, 5) is 11.6. The number of carbonyl (C=O) groups is 1. The van der Waals surface area contributed by atoms with Gasteiger partial charge in [-0.1, -0.05) is 54.1 Å². The Kier molecular flexibility index (Phi) is 6.40. The van der Waals surface area contributed by atoms with Crippen LogP contribution in [0, 0.1) is 0 Å². The fourth-order valence-corrected chi connectivity index (χ4v) is 2.08. The third-order valence-corrected chi connectivity index (χ3v) is 3.50. The molecule has 2 aromatic rings. The van der Waals surface area contributed by atoms with Gasteiger partial charge >= 0.3 is 6.09 Å². The van der Waals surface area contributed by atoms with E-state index in [1.54, 1.807) is 24.3 Å². The molecule has 2 rings (SSSR count). The smallest absolute Gasteiger partial charge is 0.407 e. The summed E-state index contributed by atoms with van der Waals surface area (Å²) in [5, 5.41) is 22.9. The number of rotatable bonds is 6. The normalized spacial score (nSPS) is 13.2. The zero-order valence-electron chi connectivity index (χ0n) is 12.4. The minimum absolute atomic E-state index is 0.128. The number of alkyl carbamates (subject to hydrolysis) is 1. The highest BCUT2D eigenvalue weighted by atomic mass is 35.5. The number of nitrogens with one attached hydrogen (secondary N) is 1. The van der Waals surface area contributed by atoms with Gasteiger partial charge in [-0.3, -0.25) is 0 Å². The molecule has 1 amide bonds. The number of hydrogen-bond acceptors (Lipinski definition) is 4. The second kappa shape index (κ2) is 8.53. The van der Waals surface area contributed by atoms with Gasteiger partial charge in [0.25, 0.3) is 0 Å². The van der Waals surface area contributed by atoms with Gasteiger partial charge < -0.3 is 20.3 Å². The Labute approximate surface area is 139 Å². The van der Waals surface area contributed by atoms with Crippen molar-refractivity contribution in [2.24, 2.45) is 0 Å². The van der Waals surface area contributed by atoms with E-state index in [1.807, 2.05) is 30.3 Å². The number of amides is 1. The first-order chi connectivity index (χ1) is 11.1. The third-order valence-electron chi connectivity index (χ3n) is 3.24. The molecule has 0 heterocycles. The summed E-state index contributed by atoms with van der Waals surface area (Å²) in [7, 11) is 0. The molecule has 0 aliphatic rings. The van der Waals surface area contributed by atoms with Crippen LogP contribution in [0.15, 0.2) is 54.6 Å². The van der Waals surface area contributed by atoms with E-state index in [1.165, 1.54) is 0 Å². The predicted molar refractivity (Wildman–Crippen MR) is 87.0 cm³/mol. The van der Waals surface area contributed by atoms with Gasteiger partial charge in [0.05, 0.1) is 0 Å². The van der Waals surface area contributed by atoms with Crippen LogP contribution >= 0.6 is 11.6 Å². The van der Waals surface area contributed by atoms with E-state index in [0.717, 1.165) is 5.56 Å². The molecule has 122 valence electrons. The van der Waals surface area contributed by atoms with Gasteiger partial charge in [0.2, 0.25) is 0 Å². The maximum atomic E-state index is 11.6. The van der Waals surface area contributed by atoms with Crippen LogP contribution in [-0.4, -0.2) is 29.0 Å². The second-order valence-corrected chi connectivity index (χ2v) is 5.44. The number of aliphatic hydroxyl groups excluding tert-OH is 2. The van der Waals surface area contributed by atoms with Crippen molar-refractivity contribution < 1.29 is 19.7 Å². The molecular weight excluding hydrogens is 318 g/mol. The number of aliphatic hydroxyl groups is 2. The van der Waals surface area contributed by atoms with Gasteiger partial charge in [0, 0.05) is 11.6 Å². The van der Waals surface area contributed by atoms with Crippen LogP contribution in [0.4, 0.5) is 4.79 Å². The Morgan fingerprint density at radius 2 is 1.74 bits per heavy atom. The molecule has 0 bridgehead atoms. The van der Waals surface area contributed by atoms with Crippen molar-refractivity contribution in [2.45, 2.75) is 18.8 Å². The average molecular weight is 336 g/mol. The van der Waals surface area contributed by atoms with Crippen molar-refractivity contribution >= 4 is 17.7 Å². The van der Waals surface area contributed by atoms with Crippen LogP contribution in [0.1, 0.15) is 17.2 Å². The maximum Gasteiger partial charge on any atom is 0.407 e. The first-order valence-corrected chi connectivity index (χ1v) is 7.50. The van der Waals surface area contributed by atoms with Crippen molar-refractivity contribution in [2.75, 3.05) is 6.54 Å². The number of halogens is 1. The van der Waals surface area contributed by atoms with Crippen LogP contribution in [0.5, 0.6) is 0 Å². The van der Waals surface area contributed by atoms with Gasteiger partial charge in [0.15, 0.2) is 0 Å². The number of carbonyl (C=O) groups excluding carboxylic acids is 1. The van der Waals surface area contributed by atoms with E-state index >= 15 is 0 Å². The molecule has 6 heteroatoms. The molecule has 3 N–H and O–H groups in total. The minimum atomic E-state index is -1.15. The highest BCUT2D eigenvalue weighted by Gasteiger charge is 2.19. The molecule has 0 radical (unpaired) electrons. The lowest BCUT2D eigenvalue weighted by Gasteiger charge is -2.18. The summed E-state index contributed by atoms with van der Waals surface area (Å²) in [5.74, 6) is 0. The molecule has 0 saturated heterocycles. The highest BCUT2D eigenvalue weighted by Crippen LogP contribution is 2.19. The number of benzene rings is 2. The fraction of sp³-hybridized carbons (Fsp3) is 0.235. The Bertz CT molecular complexity index is 618. The van der Waals surface area contributed by atoms with Crippen LogP contribution in [0.25, 0.3) is 0 Å². The zero-order valence-corrected chi connectivity index (χ0v) is 13.1. The summed E-state index contributed by atoms with van der Waals surface area (Å²) >= 11 is 5.77. The predicted octanol–water partition coefficient (Wildman–Crippen LogP) is 2.66. The SMILES string of the molecule is O=C(NCC(O)C(O)c1ccc(Cl)cc1)OCc1ccccc1. The fourth-order valence-electron chi connectivity index (χ4n) is 1.96. The van der Waals surface area contributed by atoms with Gasteiger partial charge in [-0.25, -0.2) is 4.79 Å². The molecule has 2 unspecified atom stereocenters. The van der Waals surface area contributed by atoms with E-state index < -0.39 is 18.3 Å². The summed E-state index contributed by atoms with van der Waals surface area (Å²) in [5.41, 5.74) is 1.38. The number of ether oxygens (including phenoxy) is 1. The van der Waals surface area contributed by atoms with Crippen LogP contribution in [0.3, 0.4) is 0 Å². The molecule has 5 nitrogen and oxygen atoms in total. The molecule has 0 aliphatic carbocycles. The lowest BCUT2D eigenvalue weighted by Crippen LogP contribution is -2.35. The van der Waals surface area contributed by atoms with Crippen molar-refractivity contribution in [3.63, 3.8) is 0 Å². The molecule has 2 aromatic carbocycles. The molecule has 0 aliphatic heterocycles. The Morgan fingerprint density at radius 1 is 1.09 bits per heavy atom. The van der Waals surface area contributed by atoms with E-state index in [9.17, 15) is 15.0 Å². The van der Waals surface area contributed by atoms with E-state index in [0.29, 0.717) is 10.6 Å². The molecule has 0 saturated carbocycles. The largest absolute Gasteiger partial charge is 0.445 e. The maximum absolute atomic E-state index is 11.6. The molecular formula is C17H18ClNO4. The molecule has 0 spiro atoms. The quantitative estimate of drug-likeness (QED) is 0.758. The Balaban J connectivity index is 1.75. The Morgan fingerprint density at radius 3 is 2.39 bits per heavy atom. The summed E-state index contributed by atoms with van der Waals surface area (Å²) < 4.78 is 5.02. The monoisotopic (exact) mass is 335 g/mol. The standard InChI is InChI=1S/C17H18ClNO4/c18-14-8-6-13(7-9-14)16(21)15(20)10-19-17(22)23-11-12-4-2-1-3-5-12/h1-9,15-16,20-21H,10-11H2,(H,19,22). The molecule has 0 fully saturated rings. The molecule has 0 aromatic heterocycles. The first kappa shape index (κ1) is 17.3. The van der Waals surface area contributed by atoms with Crippen LogP contribution < -0.4 is 5.32 Å². The second-order valence-electron chi connectivity index (χ2n) is 5.01. The minimum Gasteiger partial charge on any atom is -0.445 e. The van der Waals surface area contributed by atoms with Crippen molar-refractivity contribution in [1.29, 1.82) is 0 Å². The van der Waals surface area contributed by atoms with Crippen molar-refractivity contribution in [3.8, 4) is 0 Å². The van der Waals surface area contributed by atoms with Crippen LogP contribution in [-0.2, 0) is 11.3 Å². The summed E-state index contributed by atoms with van der Waals surface area (Å²) in [6.45, 7) is 0.0138. The molecule has 23 heavy (non-hydrogen) atoms. The van der Waals surface area contributed by atoms with Gasteiger partial charge in [-0.15, -0.1) is 0 Å². The van der Waals surface area contributed by atoms with E-state index in [2.05, 4.69) is 5.32 Å². The Hall–Kier alpha value is -2.08. The highest BCUT2D eigenvalue weighted by molar-refractivity contribution is 6.30. The third kappa shape index (κ3) is 5.56. The van der Waals surface area contributed by atoms with E-state index in [4.69, 9.17) is 16.3 Å². The van der Waals surface area contributed by atoms with Crippen LogP contribution in [0.2, 0.25) is 5.02 Å². The van der Waals surface area contributed by atoms with E-state index in [-0.39, 0.29) is 13.2 Å². The first-order valence-electron chi connectivity index (χ1n) is 7.12. The van der Waals surface area contributed by atoms with Gasteiger partial charge in [-0.2, -0.15) is 0 Å². The van der Waals surface area contributed by atoms with Gasteiger partial charge in [-0.05, 0) is 23.3 Å². The summed E-state index contributed by atoms with van der Waals surface area (Å²) in [6, 6.07) is 15.7. The topological polar surface area (TPSA) is 78.8 Å². The summed E-state index contributed by atoms with van der Waals surface area (Å²) in [6.07, 6.45) is -2.93. The number of hydrogen-bond donors (Lipinski definition) is 3. The molecule has 2 atom stereocenters. The average Bonchev–Trinajstić information content (AvgIpc) is 2.58. The lowest BCUT2D eigenvalue weighted by molar-refractivity contribution is 0.0184.